The van der Waals surface area contributed by atoms with Crippen LogP contribution >= 0.6 is 0 Å². The van der Waals surface area contributed by atoms with Crippen LogP contribution in [-0.2, 0) is 0 Å². The van der Waals surface area contributed by atoms with E-state index in [1.165, 1.54) is 40.3 Å². The number of nitrogens with one attached hydrogen (secondary N) is 1. The first-order valence-corrected chi connectivity index (χ1v) is 18.1. The summed E-state index contributed by atoms with van der Waals surface area (Å²) in [5.41, 5.74) is 7.63. The van der Waals surface area contributed by atoms with Crippen molar-refractivity contribution in [3.05, 3.63) is 193 Å². The van der Waals surface area contributed by atoms with Crippen LogP contribution in [0.15, 0.2) is 182 Å². The zero-order valence-electron chi connectivity index (χ0n) is 28.8. The lowest BCUT2D eigenvalue weighted by Gasteiger charge is -2.43. The third kappa shape index (κ3) is 8.16. The van der Waals surface area contributed by atoms with Gasteiger partial charge in [-0.05, 0) is 85.1 Å². The molecule has 7 rings (SSSR count). The molecule has 1 heterocycles. The summed E-state index contributed by atoms with van der Waals surface area (Å²) in [7, 11) is 0. The molecule has 0 aromatic heterocycles. The fourth-order valence-corrected chi connectivity index (χ4v) is 7.77. The molecule has 2 atom stereocenters. The number of hydrogen-bond donors (Lipinski definition) is 1. The second kappa shape index (κ2) is 17.0. The first-order valence-electron chi connectivity index (χ1n) is 18.1. The Morgan fingerprint density at radius 1 is 0.440 bits per heavy atom. The lowest BCUT2D eigenvalue weighted by molar-refractivity contribution is 0.139. The fourth-order valence-electron chi connectivity index (χ4n) is 7.77. The van der Waals surface area contributed by atoms with E-state index in [4.69, 9.17) is 0 Å². The van der Waals surface area contributed by atoms with Gasteiger partial charge in [-0.1, -0.05) is 133 Å². The number of nitrogens with zero attached hydrogens (tertiary/aromatic N) is 3. The molecule has 6 aromatic rings. The molecule has 1 aliphatic rings. The number of hydrogen-bond acceptors (Lipinski definition) is 4. The second-order valence-electron chi connectivity index (χ2n) is 13.2. The smallest absolute Gasteiger partial charge is 0.0411 e. The minimum atomic E-state index is 0.228. The standard InChI is InChI=1S/C46H48N4/c1-7-19-38(20-8-1)45(39-21-9-2-10-22-39)46(40-31-32-47-37-40)48(33-35-49(41-23-11-3-12-24-41)42-25-13-4-14-26-42)34-36-50(43-27-15-5-16-28-43)44-29-17-6-18-30-44/h1-30,40,45-47H,31-37H2. The lowest BCUT2D eigenvalue weighted by Crippen LogP contribution is -2.50. The molecule has 6 aromatic carbocycles. The van der Waals surface area contributed by atoms with Crippen LogP contribution < -0.4 is 15.1 Å². The van der Waals surface area contributed by atoms with E-state index in [0.717, 1.165) is 39.3 Å². The maximum absolute atomic E-state index is 3.75. The Labute approximate surface area is 298 Å². The van der Waals surface area contributed by atoms with Gasteiger partial charge in [-0.15, -0.1) is 0 Å². The molecule has 1 fully saturated rings. The highest BCUT2D eigenvalue weighted by Gasteiger charge is 2.38. The Morgan fingerprint density at radius 2 is 0.780 bits per heavy atom. The fraction of sp³-hybridized carbons (Fsp3) is 0.217. The van der Waals surface area contributed by atoms with Crippen molar-refractivity contribution in [1.82, 2.24) is 10.2 Å². The largest absolute Gasteiger partial charge is 0.340 e. The summed E-state index contributed by atoms with van der Waals surface area (Å²) >= 11 is 0. The molecule has 1 saturated heterocycles. The molecule has 252 valence electrons. The molecule has 0 radical (unpaired) electrons. The van der Waals surface area contributed by atoms with E-state index in [9.17, 15) is 0 Å². The zero-order valence-corrected chi connectivity index (χ0v) is 28.8. The highest BCUT2D eigenvalue weighted by molar-refractivity contribution is 5.64. The van der Waals surface area contributed by atoms with Crippen LogP contribution in [0.4, 0.5) is 22.7 Å². The van der Waals surface area contributed by atoms with Gasteiger partial charge in [0, 0.05) is 60.9 Å². The van der Waals surface area contributed by atoms with E-state index in [-0.39, 0.29) is 12.0 Å². The van der Waals surface area contributed by atoms with E-state index >= 15 is 0 Å². The predicted octanol–water partition coefficient (Wildman–Crippen LogP) is 9.78. The second-order valence-corrected chi connectivity index (χ2v) is 13.2. The van der Waals surface area contributed by atoms with E-state index < -0.39 is 0 Å². The number of anilines is 4. The molecule has 4 nitrogen and oxygen atoms in total. The highest BCUT2D eigenvalue weighted by atomic mass is 15.3. The topological polar surface area (TPSA) is 21.8 Å². The normalized spacial score (nSPS) is 14.9. The maximum Gasteiger partial charge on any atom is 0.0411 e. The van der Waals surface area contributed by atoms with Crippen LogP contribution in [0.3, 0.4) is 0 Å². The molecule has 4 heteroatoms. The molecule has 50 heavy (non-hydrogen) atoms. The molecule has 1 aliphatic heterocycles. The number of rotatable bonds is 15. The van der Waals surface area contributed by atoms with Gasteiger partial charge in [0.2, 0.25) is 0 Å². The highest BCUT2D eigenvalue weighted by Crippen LogP contribution is 2.38. The lowest BCUT2D eigenvalue weighted by atomic mass is 9.77. The summed E-state index contributed by atoms with van der Waals surface area (Å²) in [4.78, 5) is 7.81. The molecule has 0 spiro atoms. The summed E-state index contributed by atoms with van der Waals surface area (Å²) in [5.74, 6) is 0.732. The zero-order chi connectivity index (χ0) is 33.8. The summed E-state index contributed by atoms with van der Waals surface area (Å²) in [6.07, 6.45) is 1.17. The van der Waals surface area contributed by atoms with Crippen molar-refractivity contribution in [3.8, 4) is 0 Å². The summed E-state index contributed by atoms with van der Waals surface area (Å²) in [5, 5.41) is 3.75. The summed E-state index contributed by atoms with van der Waals surface area (Å²) < 4.78 is 0. The number of benzene rings is 6. The summed E-state index contributed by atoms with van der Waals surface area (Å²) in [6.45, 7) is 5.66. The maximum atomic E-state index is 3.75. The Hall–Kier alpha value is -5.16. The minimum absolute atomic E-state index is 0.228. The van der Waals surface area contributed by atoms with Gasteiger partial charge in [0.15, 0.2) is 0 Å². The minimum Gasteiger partial charge on any atom is -0.340 e. The van der Waals surface area contributed by atoms with Gasteiger partial charge in [0.1, 0.15) is 0 Å². The third-order valence-corrected chi connectivity index (χ3v) is 10.2. The van der Waals surface area contributed by atoms with Gasteiger partial charge in [-0.25, -0.2) is 0 Å². The van der Waals surface area contributed by atoms with E-state index in [2.05, 4.69) is 202 Å². The van der Waals surface area contributed by atoms with Crippen molar-refractivity contribution in [2.75, 3.05) is 49.1 Å². The van der Waals surface area contributed by atoms with Crippen LogP contribution in [0, 0.1) is 5.92 Å². The molecule has 0 saturated carbocycles. The molecular formula is C46H48N4. The van der Waals surface area contributed by atoms with Crippen molar-refractivity contribution in [2.24, 2.45) is 5.92 Å². The average molecular weight is 657 g/mol. The van der Waals surface area contributed by atoms with Crippen LogP contribution in [-0.4, -0.2) is 50.2 Å². The monoisotopic (exact) mass is 656 g/mol. The van der Waals surface area contributed by atoms with Crippen molar-refractivity contribution < 1.29 is 0 Å². The van der Waals surface area contributed by atoms with Crippen LogP contribution in [0.2, 0.25) is 0 Å². The van der Waals surface area contributed by atoms with E-state index in [1.54, 1.807) is 0 Å². The van der Waals surface area contributed by atoms with Crippen molar-refractivity contribution in [2.45, 2.75) is 18.4 Å². The predicted molar refractivity (Wildman–Crippen MR) is 211 cm³/mol. The average Bonchev–Trinajstić information content (AvgIpc) is 3.74. The van der Waals surface area contributed by atoms with Crippen molar-refractivity contribution in [3.63, 3.8) is 0 Å². The van der Waals surface area contributed by atoms with E-state index in [0.29, 0.717) is 5.92 Å². The Balaban J connectivity index is 1.30. The molecule has 2 unspecified atom stereocenters. The molecule has 0 amide bonds. The molecule has 0 bridgehead atoms. The molecular weight excluding hydrogens is 609 g/mol. The van der Waals surface area contributed by atoms with Gasteiger partial charge in [0.05, 0.1) is 0 Å². The van der Waals surface area contributed by atoms with Gasteiger partial charge in [-0.2, -0.15) is 0 Å². The van der Waals surface area contributed by atoms with Crippen LogP contribution in [0.1, 0.15) is 23.5 Å². The SMILES string of the molecule is c1ccc(C(c2ccccc2)C(C2CCNC2)N(CCN(c2ccccc2)c2ccccc2)CCN(c2ccccc2)c2ccccc2)cc1. The first-order chi connectivity index (χ1) is 24.8. The molecule has 0 aliphatic carbocycles. The number of para-hydroxylation sites is 4. The van der Waals surface area contributed by atoms with Gasteiger partial charge < -0.3 is 15.1 Å². The molecule has 1 N–H and O–H groups in total. The Morgan fingerprint density at radius 3 is 1.10 bits per heavy atom. The van der Waals surface area contributed by atoms with Gasteiger partial charge in [0.25, 0.3) is 0 Å². The Bertz CT molecular complexity index is 1610. The van der Waals surface area contributed by atoms with Crippen molar-refractivity contribution >= 4 is 22.7 Å². The third-order valence-electron chi connectivity index (χ3n) is 10.2. The summed E-state index contributed by atoms with van der Waals surface area (Å²) in [6, 6.07) is 66.2. The van der Waals surface area contributed by atoms with Gasteiger partial charge in [-0.3, -0.25) is 4.90 Å². The van der Waals surface area contributed by atoms with Crippen LogP contribution in [0.25, 0.3) is 0 Å². The quantitative estimate of drug-likeness (QED) is 0.119. The Kier molecular flexibility index (Phi) is 11.3. The van der Waals surface area contributed by atoms with Gasteiger partial charge >= 0.3 is 0 Å². The van der Waals surface area contributed by atoms with Crippen molar-refractivity contribution in [1.29, 1.82) is 0 Å². The van der Waals surface area contributed by atoms with Crippen LogP contribution in [0.5, 0.6) is 0 Å². The first kappa shape index (κ1) is 33.3. The van der Waals surface area contributed by atoms with E-state index in [1.807, 2.05) is 0 Å².